The Bertz CT molecular complexity index is 372. The fraction of sp³-hybridized carbons (Fsp3) is 0. The first-order chi connectivity index (χ1) is 6.02. The van der Waals surface area contributed by atoms with E-state index in [2.05, 4.69) is 12.6 Å². The molecule has 13 heavy (non-hydrogen) atoms. The van der Waals surface area contributed by atoms with Gasteiger partial charge in [0.1, 0.15) is 0 Å². The largest absolute Gasteiger partial charge is 0.478 e. The molecule has 68 valence electrons. The number of carbonyl (C=O) groups is 2. The number of carboxylic acid groups (broad SMARTS) is 2. The number of hydrogen-bond acceptors (Lipinski definition) is 3. The van der Waals surface area contributed by atoms with E-state index in [-0.39, 0.29) is 16.0 Å². The summed E-state index contributed by atoms with van der Waals surface area (Å²) < 4.78 is 0. The molecule has 0 spiro atoms. The fourth-order valence-corrected chi connectivity index (χ4v) is 1.08. The maximum absolute atomic E-state index is 10.6. The first-order valence-corrected chi connectivity index (χ1v) is 3.76. The van der Waals surface area contributed by atoms with Crippen LogP contribution in [0.2, 0.25) is 0 Å². The summed E-state index contributed by atoms with van der Waals surface area (Å²) in [6, 6.07) is 3.72. The molecule has 2 N–H and O–H groups in total. The minimum absolute atomic E-state index is 0.0600. The highest BCUT2D eigenvalue weighted by Crippen LogP contribution is 2.15. The van der Waals surface area contributed by atoms with Crippen LogP contribution in [0, 0.1) is 0 Å². The van der Waals surface area contributed by atoms with E-state index < -0.39 is 11.9 Å². The Morgan fingerprint density at radius 1 is 1.15 bits per heavy atom. The topological polar surface area (TPSA) is 74.6 Å². The van der Waals surface area contributed by atoms with Crippen LogP contribution in [0.25, 0.3) is 0 Å². The van der Waals surface area contributed by atoms with Crippen molar-refractivity contribution in [1.29, 1.82) is 0 Å². The van der Waals surface area contributed by atoms with Crippen LogP contribution in [0.5, 0.6) is 0 Å². The molecule has 1 aromatic carbocycles. The summed E-state index contributed by atoms with van der Waals surface area (Å²) in [7, 11) is 0. The highest BCUT2D eigenvalue weighted by atomic mass is 32.1. The van der Waals surface area contributed by atoms with Crippen molar-refractivity contribution in [1.82, 2.24) is 0 Å². The van der Waals surface area contributed by atoms with Crippen molar-refractivity contribution < 1.29 is 19.8 Å². The molecular formula is C8H6O4S. The van der Waals surface area contributed by atoms with E-state index in [1.54, 1.807) is 0 Å². The van der Waals surface area contributed by atoms with Crippen molar-refractivity contribution in [2.75, 3.05) is 0 Å². The van der Waals surface area contributed by atoms with Gasteiger partial charge in [0.2, 0.25) is 0 Å². The fourth-order valence-electron chi connectivity index (χ4n) is 0.840. The Hall–Kier alpha value is -1.49. The number of aromatic carboxylic acids is 2. The van der Waals surface area contributed by atoms with E-state index in [0.717, 1.165) is 6.07 Å². The average molecular weight is 198 g/mol. The SMILES string of the molecule is O=C(O)c1ccc(S)c(C(=O)O)c1. The number of carboxylic acids is 2. The molecule has 0 aromatic heterocycles. The lowest BCUT2D eigenvalue weighted by atomic mass is 10.1. The van der Waals surface area contributed by atoms with Crippen LogP contribution < -0.4 is 0 Å². The minimum Gasteiger partial charge on any atom is -0.478 e. The molecule has 0 fully saturated rings. The predicted octanol–water partition coefficient (Wildman–Crippen LogP) is 1.37. The van der Waals surface area contributed by atoms with Crippen molar-refractivity contribution in [2.45, 2.75) is 4.90 Å². The average Bonchev–Trinajstić information content (AvgIpc) is 2.04. The monoisotopic (exact) mass is 198 g/mol. The molecule has 1 rings (SSSR count). The second-order valence-corrected chi connectivity index (χ2v) is 2.82. The number of thiol groups is 1. The van der Waals surface area contributed by atoms with Gasteiger partial charge in [-0.05, 0) is 18.2 Å². The first kappa shape index (κ1) is 9.60. The van der Waals surface area contributed by atoms with Crippen LogP contribution in [-0.4, -0.2) is 22.2 Å². The third kappa shape index (κ3) is 2.00. The Labute approximate surface area is 79.2 Å². The summed E-state index contributed by atoms with van der Waals surface area (Å²) in [5, 5.41) is 17.2. The lowest BCUT2D eigenvalue weighted by Crippen LogP contribution is -2.02. The summed E-state index contributed by atoms with van der Waals surface area (Å²) in [5.74, 6) is -2.34. The molecule has 0 heterocycles. The van der Waals surface area contributed by atoms with E-state index in [1.165, 1.54) is 12.1 Å². The van der Waals surface area contributed by atoms with Crippen molar-refractivity contribution in [2.24, 2.45) is 0 Å². The molecule has 0 aliphatic carbocycles. The number of hydrogen-bond donors (Lipinski definition) is 3. The predicted molar refractivity (Wildman–Crippen MR) is 47.6 cm³/mol. The molecule has 1 aromatic rings. The lowest BCUT2D eigenvalue weighted by Gasteiger charge is -2.00. The maximum Gasteiger partial charge on any atom is 0.336 e. The smallest absolute Gasteiger partial charge is 0.336 e. The van der Waals surface area contributed by atoms with Crippen molar-refractivity contribution in [3.05, 3.63) is 29.3 Å². The summed E-state index contributed by atoms with van der Waals surface area (Å²) in [4.78, 5) is 21.3. The van der Waals surface area contributed by atoms with Crippen LogP contribution in [0.4, 0.5) is 0 Å². The molecule has 0 atom stereocenters. The minimum atomic E-state index is -1.19. The molecule has 0 saturated carbocycles. The third-order valence-corrected chi connectivity index (χ3v) is 1.86. The summed E-state index contributed by atoms with van der Waals surface area (Å²) >= 11 is 3.88. The zero-order valence-corrected chi connectivity index (χ0v) is 7.28. The molecule has 0 aliphatic rings. The number of benzene rings is 1. The quantitative estimate of drug-likeness (QED) is 0.627. The van der Waals surface area contributed by atoms with Gasteiger partial charge in [0.25, 0.3) is 0 Å². The molecule has 0 radical (unpaired) electrons. The van der Waals surface area contributed by atoms with Crippen LogP contribution >= 0.6 is 12.6 Å². The second kappa shape index (κ2) is 3.49. The summed E-state index contributed by atoms with van der Waals surface area (Å²) in [6.45, 7) is 0. The van der Waals surface area contributed by atoms with Gasteiger partial charge in [0.15, 0.2) is 0 Å². The van der Waals surface area contributed by atoms with Gasteiger partial charge in [-0.15, -0.1) is 12.6 Å². The lowest BCUT2D eigenvalue weighted by molar-refractivity contribution is 0.0693. The second-order valence-electron chi connectivity index (χ2n) is 2.34. The van der Waals surface area contributed by atoms with Gasteiger partial charge in [-0.3, -0.25) is 0 Å². The molecule has 0 unspecified atom stereocenters. The Balaban J connectivity index is 3.27. The molecule has 0 saturated heterocycles. The highest BCUT2D eigenvalue weighted by Gasteiger charge is 2.11. The zero-order chi connectivity index (χ0) is 10.0. The van der Waals surface area contributed by atoms with Crippen molar-refractivity contribution in [3.63, 3.8) is 0 Å². The maximum atomic E-state index is 10.6. The van der Waals surface area contributed by atoms with E-state index in [0.29, 0.717) is 0 Å². The van der Waals surface area contributed by atoms with Crippen molar-refractivity contribution >= 4 is 24.6 Å². The molecule has 5 heteroatoms. The third-order valence-electron chi connectivity index (χ3n) is 1.47. The molecule has 0 aliphatic heterocycles. The van der Waals surface area contributed by atoms with E-state index in [9.17, 15) is 9.59 Å². The Kier molecular flexibility index (Phi) is 2.57. The van der Waals surface area contributed by atoms with Gasteiger partial charge in [-0.2, -0.15) is 0 Å². The van der Waals surface area contributed by atoms with E-state index in [4.69, 9.17) is 10.2 Å². The van der Waals surface area contributed by atoms with Gasteiger partial charge >= 0.3 is 11.9 Å². The Morgan fingerprint density at radius 3 is 2.23 bits per heavy atom. The van der Waals surface area contributed by atoms with Gasteiger partial charge in [0, 0.05) is 4.90 Å². The van der Waals surface area contributed by atoms with Gasteiger partial charge in [0.05, 0.1) is 11.1 Å². The van der Waals surface area contributed by atoms with E-state index >= 15 is 0 Å². The van der Waals surface area contributed by atoms with Gasteiger partial charge < -0.3 is 10.2 Å². The van der Waals surface area contributed by atoms with Crippen LogP contribution in [0.1, 0.15) is 20.7 Å². The molecule has 0 amide bonds. The van der Waals surface area contributed by atoms with Crippen LogP contribution in [0.3, 0.4) is 0 Å². The molecule has 0 bridgehead atoms. The standard InChI is InChI=1S/C8H6O4S/c9-7(10)4-1-2-6(13)5(3-4)8(11)12/h1-3,13H,(H,9,10)(H,11,12). The summed E-state index contributed by atoms with van der Waals surface area (Å²) in [6.07, 6.45) is 0. The molecule has 4 nitrogen and oxygen atoms in total. The van der Waals surface area contributed by atoms with E-state index in [1.807, 2.05) is 0 Å². The normalized spacial score (nSPS) is 9.62. The Morgan fingerprint density at radius 2 is 1.77 bits per heavy atom. The van der Waals surface area contributed by atoms with Gasteiger partial charge in [-0.1, -0.05) is 0 Å². The van der Waals surface area contributed by atoms with Crippen LogP contribution in [0.15, 0.2) is 23.1 Å². The van der Waals surface area contributed by atoms with Crippen molar-refractivity contribution in [3.8, 4) is 0 Å². The van der Waals surface area contributed by atoms with Crippen LogP contribution in [-0.2, 0) is 0 Å². The number of rotatable bonds is 2. The van der Waals surface area contributed by atoms with Gasteiger partial charge in [-0.25, -0.2) is 9.59 Å². The highest BCUT2D eigenvalue weighted by molar-refractivity contribution is 7.80. The zero-order valence-electron chi connectivity index (χ0n) is 6.39. The first-order valence-electron chi connectivity index (χ1n) is 3.32. The molecular weight excluding hydrogens is 192 g/mol. The summed E-state index contributed by atoms with van der Waals surface area (Å²) in [5.41, 5.74) is -0.168.